The van der Waals surface area contributed by atoms with Crippen molar-refractivity contribution in [2.24, 2.45) is 0 Å². The lowest BCUT2D eigenvalue weighted by Gasteiger charge is -2.26. The first kappa shape index (κ1) is 14.3. The van der Waals surface area contributed by atoms with Gasteiger partial charge in [-0.25, -0.2) is 0 Å². The van der Waals surface area contributed by atoms with Crippen LogP contribution in [0.5, 0.6) is 0 Å². The minimum Gasteiger partial charge on any atom is -0.368 e. The summed E-state index contributed by atoms with van der Waals surface area (Å²) in [5.74, 6) is 1.40. The number of nitrogens with zero attached hydrogens (tertiary/aromatic N) is 4. The highest BCUT2D eigenvalue weighted by Gasteiger charge is 2.15. The number of aromatic nitrogens is 3. The Morgan fingerprint density at radius 1 is 1.00 bits per heavy atom. The molecule has 0 amide bonds. The zero-order valence-corrected chi connectivity index (χ0v) is 13.7. The number of anilines is 4. The van der Waals surface area contributed by atoms with Gasteiger partial charge < -0.3 is 16.0 Å². The van der Waals surface area contributed by atoms with Crippen LogP contribution in [0.15, 0.2) is 24.3 Å². The minimum atomic E-state index is 0.249. The number of benzene rings is 1. The maximum absolute atomic E-state index is 5.81. The van der Waals surface area contributed by atoms with Gasteiger partial charge in [0.05, 0.1) is 0 Å². The van der Waals surface area contributed by atoms with Gasteiger partial charge in [0, 0.05) is 22.3 Å². The van der Waals surface area contributed by atoms with Crippen molar-refractivity contribution in [3.63, 3.8) is 0 Å². The highest BCUT2D eigenvalue weighted by atomic mass is 127. The largest absolute Gasteiger partial charge is 0.368 e. The third kappa shape index (κ3) is 3.72. The molecule has 6 nitrogen and oxygen atoms in total. The Morgan fingerprint density at radius 2 is 1.71 bits per heavy atom. The third-order valence-corrected chi connectivity index (χ3v) is 4.10. The third-order valence-electron chi connectivity index (χ3n) is 3.38. The molecule has 1 aromatic heterocycles. The lowest BCUT2D eigenvalue weighted by atomic mass is 10.1. The summed E-state index contributed by atoms with van der Waals surface area (Å²) in [5, 5.41) is 3.18. The van der Waals surface area contributed by atoms with E-state index in [1.54, 1.807) is 0 Å². The molecule has 3 N–H and O–H groups in total. The number of halogens is 1. The fourth-order valence-electron chi connectivity index (χ4n) is 2.33. The summed E-state index contributed by atoms with van der Waals surface area (Å²) in [4.78, 5) is 15.1. The van der Waals surface area contributed by atoms with E-state index in [4.69, 9.17) is 5.73 Å². The molecule has 0 atom stereocenters. The van der Waals surface area contributed by atoms with Gasteiger partial charge in [0.25, 0.3) is 0 Å². The second kappa shape index (κ2) is 6.42. The average molecular weight is 396 g/mol. The van der Waals surface area contributed by atoms with Crippen LogP contribution in [0.3, 0.4) is 0 Å². The van der Waals surface area contributed by atoms with Crippen LogP contribution in [0, 0.1) is 3.57 Å². The van der Waals surface area contributed by atoms with Crippen molar-refractivity contribution < 1.29 is 0 Å². The summed E-state index contributed by atoms with van der Waals surface area (Å²) in [6.07, 6.45) is 3.61. The molecule has 0 radical (unpaired) electrons. The van der Waals surface area contributed by atoms with Crippen LogP contribution in [0.2, 0.25) is 0 Å². The Morgan fingerprint density at radius 3 is 2.43 bits per heavy atom. The van der Waals surface area contributed by atoms with Crippen LogP contribution in [0.1, 0.15) is 19.3 Å². The molecule has 21 heavy (non-hydrogen) atoms. The molecule has 7 heteroatoms. The first-order chi connectivity index (χ1) is 10.2. The molecule has 2 heterocycles. The van der Waals surface area contributed by atoms with Crippen molar-refractivity contribution >= 4 is 46.1 Å². The summed E-state index contributed by atoms with van der Waals surface area (Å²) in [6, 6.07) is 8.03. The first-order valence-corrected chi connectivity index (χ1v) is 8.08. The second-order valence-electron chi connectivity index (χ2n) is 5.00. The van der Waals surface area contributed by atoms with Crippen molar-refractivity contribution in [3.8, 4) is 0 Å². The topological polar surface area (TPSA) is 80.0 Å². The van der Waals surface area contributed by atoms with Crippen molar-refractivity contribution in [2.75, 3.05) is 29.0 Å². The molecule has 1 aliphatic rings. The lowest BCUT2D eigenvalue weighted by molar-refractivity contribution is 0.568. The van der Waals surface area contributed by atoms with Gasteiger partial charge in [-0.1, -0.05) is 0 Å². The molecule has 0 saturated carbocycles. The minimum absolute atomic E-state index is 0.249. The van der Waals surface area contributed by atoms with Gasteiger partial charge in [-0.3, -0.25) is 0 Å². The molecule has 110 valence electrons. The lowest BCUT2D eigenvalue weighted by Crippen LogP contribution is -2.31. The molecular weight excluding hydrogens is 379 g/mol. The molecule has 1 saturated heterocycles. The molecule has 0 spiro atoms. The molecular formula is C14H17IN6. The van der Waals surface area contributed by atoms with Gasteiger partial charge in [0.1, 0.15) is 0 Å². The monoisotopic (exact) mass is 396 g/mol. The highest BCUT2D eigenvalue weighted by molar-refractivity contribution is 14.1. The van der Waals surface area contributed by atoms with E-state index in [1.807, 2.05) is 24.3 Å². The Bertz CT molecular complexity index is 609. The Kier molecular flexibility index (Phi) is 4.37. The fourth-order valence-corrected chi connectivity index (χ4v) is 2.69. The van der Waals surface area contributed by atoms with E-state index in [0.717, 1.165) is 18.8 Å². The number of nitrogens with one attached hydrogen (secondary N) is 1. The van der Waals surface area contributed by atoms with Crippen LogP contribution in [0.25, 0.3) is 0 Å². The van der Waals surface area contributed by atoms with Crippen LogP contribution in [-0.2, 0) is 0 Å². The van der Waals surface area contributed by atoms with E-state index in [-0.39, 0.29) is 5.95 Å². The summed E-state index contributed by atoms with van der Waals surface area (Å²) in [7, 11) is 0. The van der Waals surface area contributed by atoms with Crippen LogP contribution < -0.4 is 16.0 Å². The predicted octanol–water partition coefficient (Wildman–Crippen LogP) is 2.79. The fraction of sp³-hybridized carbons (Fsp3) is 0.357. The highest BCUT2D eigenvalue weighted by Crippen LogP contribution is 2.20. The van der Waals surface area contributed by atoms with Crippen molar-refractivity contribution in [2.45, 2.75) is 19.3 Å². The summed E-state index contributed by atoms with van der Waals surface area (Å²) < 4.78 is 1.18. The molecule has 1 fully saturated rings. The zero-order valence-electron chi connectivity index (χ0n) is 11.6. The van der Waals surface area contributed by atoms with E-state index < -0.39 is 0 Å². The molecule has 0 aliphatic carbocycles. The predicted molar refractivity (Wildman–Crippen MR) is 92.7 cm³/mol. The van der Waals surface area contributed by atoms with Crippen molar-refractivity contribution in [1.82, 2.24) is 15.0 Å². The molecule has 3 rings (SSSR count). The van der Waals surface area contributed by atoms with Crippen LogP contribution in [-0.4, -0.2) is 28.0 Å². The first-order valence-electron chi connectivity index (χ1n) is 7.00. The number of hydrogen-bond acceptors (Lipinski definition) is 6. The number of rotatable bonds is 3. The normalized spacial score (nSPS) is 15.0. The van der Waals surface area contributed by atoms with Gasteiger partial charge in [-0.15, -0.1) is 0 Å². The van der Waals surface area contributed by atoms with E-state index in [2.05, 4.69) is 47.8 Å². The van der Waals surface area contributed by atoms with Gasteiger partial charge in [-0.2, -0.15) is 15.0 Å². The Labute approximate surface area is 137 Å². The molecule has 1 aliphatic heterocycles. The number of nitrogens with two attached hydrogens (primary N) is 1. The van der Waals surface area contributed by atoms with Gasteiger partial charge in [0.2, 0.25) is 17.8 Å². The summed E-state index contributed by atoms with van der Waals surface area (Å²) in [6.45, 7) is 1.96. The van der Waals surface area contributed by atoms with E-state index in [9.17, 15) is 0 Å². The summed E-state index contributed by atoms with van der Waals surface area (Å²) >= 11 is 2.27. The number of hydrogen-bond donors (Lipinski definition) is 2. The molecule has 2 aromatic rings. The van der Waals surface area contributed by atoms with E-state index in [0.29, 0.717) is 11.9 Å². The summed E-state index contributed by atoms with van der Waals surface area (Å²) in [5.41, 5.74) is 6.75. The molecule has 1 aromatic carbocycles. The molecule has 0 unspecified atom stereocenters. The molecule has 0 bridgehead atoms. The quantitative estimate of drug-likeness (QED) is 0.777. The van der Waals surface area contributed by atoms with Crippen molar-refractivity contribution in [1.29, 1.82) is 0 Å². The maximum Gasteiger partial charge on any atom is 0.233 e. The van der Waals surface area contributed by atoms with Gasteiger partial charge in [0.15, 0.2) is 0 Å². The van der Waals surface area contributed by atoms with Crippen molar-refractivity contribution in [3.05, 3.63) is 27.8 Å². The standard InChI is InChI=1S/C14H17IN6/c15-10-4-6-11(7-5-10)17-13-18-12(16)19-14(20-13)21-8-2-1-3-9-21/h4-7H,1-3,8-9H2,(H3,16,17,18,19,20). The number of nitrogen functional groups attached to an aromatic ring is 1. The Hall–Kier alpha value is -1.64. The smallest absolute Gasteiger partial charge is 0.233 e. The number of piperidine rings is 1. The van der Waals surface area contributed by atoms with Crippen LogP contribution in [0.4, 0.5) is 23.5 Å². The van der Waals surface area contributed by atoms with Gasteiger partial charge in [-0.05, 0) is 66.1 Å². The van der Waals surface area contributed by atoms with Crippen LogP contribution >= 0.6 is 22.6 Å². The average Bonchev–Trinajstić information content (AvgIpc) is 2.50. The van der Waals surface area contributed by atoms with E-state index >= 15 is 0 Å². The zero-order chi connectivity index (χ0) is 14.7. The second-order valence-corrected chi connectivity index (χ2v) is 6.24. The van der Waals surface area contributed by atoms with E-state index in [1.165, 1.54) is 22.8 Å². The van der Waals surface area contributed by atoms with Gasteiger partial charge >= 0.3 is 0 Å². The Balaban J connectivity index is 1.81. The SMILES string of the molecule is Nc1nc(Nc2ccc(I)cc2)nc(N2CCCCC2)n1. The maximum atomic E-state index is 5.81.